The van der Waals surface area contributed by atoms with Crippen molar-refractivity contribution >= 4 is 17.6 Å². The number of ether oxygens (including phenoxy) is 1. The van der Waals surface area contributed by atoms with Crippen LogP contribution in [0.3, 0.4) is 0 Å². The molecule has 13 heavy (non-hydrogen) atoms. The van der Waals surface area contributed by atoms with Gasteiger partial charge in [-0.1, -0.05) is 11.6 Å². The average Bonchev–Trinajstić information content (AvgIpc) is 2.04. The minimum Gasteiger partial charge on any atom is -0.466 e. The van der Waals surface area contributed by atoms with Crippen molar-refractivity contribution in [3.05, 3.63) is 23.2 Å². The summed E-state index contributed by atoms with van der Waals surface area (Å²) in [6.45, 7) is 2.12. The van der Waals surface area contributed by atoms with E-state index in [0.717, 1.165) is 0 Å². The molecule has 1 heterocycles. The fourth-order valence-corrected chi connectivity index (χ4v) is 0.990. The molecular weight excluding hydrogens is 192 g/mol. The van der Waals surface area contributed by atoms with Crippen molar-refractivity contribution in [1.29, 1.82) is 0 Å². The van der Waals surface area contributed by atoms with Crippen LogP contribution in [0.1, 0.15) is 12.6 Å². The maximum Gasteiger partial charge on any atom is 0.311 e. The van der Waals surface area contributed by atoms with Crippen LogP contribution in [0.15, 0.2) is 12.4 Å². The molecule has 0 fully saturated rings. The summed E-state index contributed by atoms with van der Waals surface area (Å²) < 4.78 is 4.74. The van der Waals surface area contributed by atoms with Crippen LogP contribution in [-0.4, -0.2) is 22.5 Å². The Hall–Kier alpha value is -1.16. The van der Waals surface area contributed by atoms with Crippen LogP contribution in [0.4, 0.5) is 0 Å². The summed E-state index contributed by atoms with van der Waals surface area (Å²) in [5.74, 6) is -0.320. The van der Waals surface area contributed by atoms with Crippen molar-refractivity contribution in [2.24, 2.45) is 0 Å². The number of nitrogens with zero attached hydrogens (tertiary/aromatic N) is 2. The predicted octanol–water partition coefficient (Wildman–Crippen LogP) is 1.24. The summed E-state index contributed by atoms with van der Waals surface area (Å²) in [6.07, 6.45) is 3.01. The van der Waals surface area contributed by atoms with Crippen LogP contribution in [0.5, 0.6) is 0 Å². The molecule has 0 amide bonds. The summed E-state index contributed by atoms with van der Waals surface area (Å²) in [5.41, 5.74) is 0.519. The first kappa shape index (κ1) is 9.92. The maximum absolute atomic E-state index is 11.0. The molecule has 0 saturated heterocycles. The molecule has 0 saturated carbocycles. The van der Waals surface area contributed by atoms with Crippen LogP contribution >= 0.6 is 11.6 Å². The first-order valence-corrected chi connectivity index (χ1v) is 4.22. The largest absolute Gasteiger partial charge is 0.466 e. The highest BCUT2D eigenvalue weighted by atomic mass is 35.5. The molecule has 1 aromatic heterocycles. The Morgan fingerprint density at radius 1 is 1.62 bits per heavy atom. The molecule has 1 aromatic rings. The van der Waals surface area contributed by atoms with Crippen LogP contribution in [0, 0.1) is 0 Å². The molecule has 4 nitrogen and oxygen atoms in total. The van der Waals surface area contributed by atoms with E-state index in [0.29, 0.717) is 12.3 Å². The van der Waals surface area contributed by atoms with Crippen molar-refractivity contribution in [3.63, 3.8) is 0 Å². The molecule has 70 valence electrons. The summed E-state index contributed by atoms with van der Waals surface area (Å²) >= 11 is 5.58. The van der Waals surface area contributed by atoms with Gasteiger partial charge in [-0.15, -0.1) is 0 Å². The molecule has 0 atom stereocenters. The van der Waals surface area contributed by atoms with Gasteiger partial charge in [0.15, 0.2) is 0 Å². The van der Waals surface area contributed by atoms with E-state index in [1.807, 2.05) is 0 Å². The van der Waals surface area contributed by atoms with Gasteiger partial charge in [0.2, 0.25) is 0 Å². The number of hydrogen-bond donors (Lipinski definition) is 0. The Labute approximate surface area is 80.9 Å². The second-order valence-corrected chi connectivity index (χ2v) is 2.70. The van der Waals surface area contributed by atoms with E-state index in [-0.39, 0.29) is 17.5 Å². The lowest BCUT2D eigenvalue weighted by Crippen LogP contribution is -2.08. The van der Waals surface area contributed by atoms with Gasteiger partial charge in [0.1, 0.15) is 5.15 Å². The second-order valence-electron chi connectivity index (χ2n) is 2.31. The average molecular weight is 201 g/mol. The number of carbonyl (C=O) groups is 1. The smallest absolute Gasteiger partial charge is 0.311 e. The second kappa shape index (κ2) is 4.77. The van der Waals surface area contributed by atoms with Gasteiger partial charge in [-0.25, -0.2) is 4.98 Å². The highest BCUT2D eigenvalue weighted by Crippen LogP contribution is 2.03. The normalized spacial score (nSPS) is 9.69. The standard InChI is InChI=1S/C8H9ClN2O2/c1-2-13-8(12)3-6-4-10-5-7(9)11-6/h4-5H,2-3H2,1H3. The third-order valence-corrected chi connectivity index (χ3v) is 1.47. The molecule has 0 bridgehead atoms. The molecule has 0 aliphatic rings. The molecule has 1 rings (SSSR count). The highest BCUT2D eigenvalue weighted by Gasteiger charge is 2.05. The van der Waals surface area contributed by atoms with Crippen molar-refractivity contribution in [1.82, 2.24) is 9.97 Å². The van der Waals surface area contributed by atoms with Gasteiger partial charge in [-0.3, -0.25) is 9.78 Å². The van der Waals surface area contributed by atoms with Crippen LogP contribution in [-0.2, 0) is 16.0 Å². The number of carbonyl (C=O) groups excluding carboxylic acids is 1. The number of aromatic nitrogens is 2. The third-order valence-electron chi connectivity index (χ3n) is 1.29. The zero-order chi connectivity index (χ0) is 9.68. The number of rotatable bonds is 3. The zero-order valence-corrected chi connectivity index (χ0v) is 7.91. The quantitative estimate of drug-likeness (QED) is 0.689. The zero-order valence-electron chi connectivity index (χ0n) is 7.16. The lowest BCUT2D eigenvalue weighted by molar-refractivity contribution is -0.142. The topological polar surface area (TPSA) is 52.1 Å². The fraction of sp³-hybridized carbons (Fsp3) is 0.375. The van der Waals surface area contributed by atoms with Gasteiger partial charge in [0.05, 0.1) is 24.9 Å². The van der Waals surface area contributed by atoms with Gasteiger partial charge in [-0.05, 0) is 6.92 Å². The first-order valence-electron chi connectivity index (χ1n) is 3.84. The third kappa shape index (κ3) is 3.38. The van der Waals surface area contributed by atoms with Crippen LogP contribution < -0.4 is 0 Å². The van der Waals surface area contributed by atoms with E-state index in [1.54, 1.807) is 6.92 Å². The van der Waals surface area contributed by atoms with Crippen molar-refractivity contribution < 1.29 is 9.53 Å². The monoisotopic (exact) mass is 200 g/mol. The Bertz CT molecular complexity index is 304. The van der Waals surface area contributed by atoms with Crippen molar-refractivity contribution in [3.8, 4) is 0 Å². The predicted molar refractivity (Wildman–Crippen MR) is 47.4 cm³/mol. The number of halogens is 1. The van der Waals surface area contributed by atoms with E-state index in [1.165, 1.54) is 12.4 Å². The van der Waals surface area contributed by atoms with E-state index in [9.17, 15) is 4.79 Å². The molecule has 0 aliphatic carbocycles. The molecule has 0 N–H and O–H groups in total. The fourth-order valence-electron chi connectivity index (χ4n) is 0.825. The summed E-state index contributed by atoms with van der Waals surface area (Å²) in [5, 5.41) is 0.279. The maximum atomic E-state index is 11.0. The lowest BCUT2D eigenvalue weighted by Gasteiger charge is -2.00. The molecule has 0 unspecified atom stereocenters. The molecule has 0 spiro atoms. The Morgan fingerprint density at radius 2 is 2.38 bits per heavy atom. The van der Waals surface area contributed by atoms with Gasteiger partial charge < -0.3 is 4.74 Å². The van der Waals surface area contributed by atoms with E-state index in [4.69, 9.17) is 16.3 Å². The van der Waals surface area contributed by atoms with Crippen molar-refractivity contribution in [2.45, 2.75) is 13.3 Å². The molecule has 0 aliphatic heterocycles. The SMILES string of the molecule is CCOC(=O)Cc1cncc(Cl)n1. The van der Waals surface area contributed by atoms with E-state index in [2.05, 4.69) is 9.97 Å². The van der Waals surface area contributed by atoms with Gasteiger partial charge in [0.25, 0.3) is 0 Å². The number of esters is 1. The van der Waals surface area contributed by atoms with Crippen LogP contribution in [0.2, 0.25) is 5.15 Å². The van der Waals surface area contributed by atoms with E-state index >= 15 is 0 Å². The lowest BCUT2D eigenvalue weighted by atomic mass is 10.3. The highest BCUT2D eigenvalue weighted by molar-refractivity contribution is 6.29. The Kier molecular flexibility index (Phi) is 3.64. The summed E-state index contributed by atoms with van der Waals surface area (Å²) in [7, 11) is 0. The van der Waals surface area contributed by atoms with Gasteiger partial charge in [0, 0.05) is 6.20 Å². The van der Waals surface area contributed by atoms with Gasteiger partial charge >= 0.3 is 5.97 Å². The molecule has 0 aromatic carbocycles. The molecule has 0 radical (unpaired) electrons. The minimum atomic E-state index is -0.320. The number of hydrogen-bond acceptors (Lipinski definition) is 4. The molecule has 5 heteroatoms. The minimum absolute atomic E-state index is 0.112. The first-order chi connectivity index (χ1) is 6.22. The summed E-state index contributed by atoms with van der Waals surface area (Å²) in [4.78, 5) is 18.7. The Morgan fingerprint density at radius 3 is 3.00 bits per heavy atom. The van der Waals surface area contributed by atoms with Crippen LogP contribution in [0.25, 0.3) is 0 Å². The van der Waals surface area contributed by atoms with Gasteiger partial charge in [-0.2, -0.15) is 0 Å². The summed E-state index contributed by atoms with van der Waals surface area (Å²) in [6, 6.07) is 0. The van der Waals surface area contributed by atoms with Crippen molar-refractivity contribution in [2.75, 3.05) is 6.61 Å². The Balaban J connectivity index is 2.58. The molecular formula is C8H9ClN2O2. The van der Waals surface area contributed by atoms with E-state index < -0.39 is 0 Å².